The van der Waals surface area contributed by atoms with E-state index in [1.165, 1.54) is 43.0 Å². The van der Waals surface area contributed by atoms with Gasteiger partial charge in [0.05, 0.1) is 11.2 Å². The van der Waals surface area contributed by atoms with Gasteiger partial charge in [0.2, 0.25) is 0 Å². The third-order valence-corrected chi connectivity index (χ3v) is 4.87. The molecule has 1 aliphatic rings. The van der Waals surface area contributed by atoms with Crippen molar-refractivity contribution < 1.29 is 0 Å². The van der Waals surface area contributed by atoms with E-state index in [2.05, 4.69) is 23.7 Å². The molecular weight excluding hydrogens is 301 g/mol. The molecule has 2 N–H and O–H groups in total. The summed E-state index contributed by atoms with van der Waals surface area (Å²) in [5.74, 6) is 0.733. The third kappa shape index (κ3) is 5.56. The van der Waals surface area contributed by atoms with Crippen LogP contribution in [0.2, 0.25) is 0 Å². The van der Waals surface area contributed by atoms with Crippen molar-refractivity contribution in [3.05, 3.63) is 16.1 Å². The Morgan fingerprint density at radius 2 is 2.05 bits per heavy atom. The lowest BCUT2D eigenvalue weighted by atomic mass is 9.91. The molecule has 0 aromatic carbocycles. The van der Waals surface area contributed by atoms with E-state index >= 15 is 0 Å². The number of aromatic nitrogens is 1. The van der Waals surface area contributed by atoms with Gasteiger partial charge in [-0.05, 0) is 52.1 Å². The van der Waals surface area contributed by atoms with Gasteiger partial charge in [-0.2, -0.15) is 0 Å². The maximum absolute atomic E-state index is 5.96. The van der Waals surface area contributed by atoms with Crippen molar-refractivity contribution in [1.82, 2.24) is 9.88 Å². The Kier molecular flexibility index (Phi) is 9.20. The molecule has 2 heterocycles. The van der Waals surface area contributed by atoms with Crippen LogP contribution in [0.25, 0.3) is 0 Å². The summed E-state index contributed by atoms with van der Waals surface area (Å²) in [6.07, 6.45) is 3.68. The summed E-state index contributed by atoms with van der Waals surface area (Å²) in [6, 6.07) is 0.362. The van der Waals surface area contributed by atoms with Gasteiger partial charge in [-0.15, -0.1) is 36.2 Å². The Morgan fingerprint density at radius 1 is 1.42 bits per heavy atom. The van der Waals surface area contributed by atoms with Crippen LogP contribution >= 0.6 is 36.2 Å². The van der Waals surface area contributed by atoms with Gasteiger partial charge in [-0.3, -0.25) is 0 Å². The molecule has 0 aliphatic carbocycles. The monoisotopic (exact) mass is 325 g/mol. The summed E-state index contributed by atoms with van der Waals surface area (Å²) < 4.78 is 0. The van der Waals surface area contributed by atoms with Crippen LogP contribution in [0, 0.1) is 12.8 Å². The minimum absolute atomic E-state index is 0. The molecule has 2 rings (SSSR count). The summed E-state index contributed by atoms with van der Waals surface area (Å²) in [6.45, 7) is 7.85. The minimum Gasteiger partial charge on any atom is -0.328 e. The zero-order chi connectivity index (χ0) is 12.3. The van der Waals surface area contributed by atoms with Gasteiger partial charge in [-0.25, -0.2) is 4.98 Å². The lowest BCUT2D eigenvalue weighted by molar-refractivity contribution is 0.174. The first-order chi connectivity index (χ1) is 8.16. The highest BCUT2D eigenvalue weighted by Crippen LogP contribution is 2.20. The molecule has 0 spiro atoms. The molecule has 0 amide bonds. The van der Waals surface area contributed by atoms with Crippen LogP contribution in [0.4, 0.5) is 0 Å². The summed E-state index contributed by atoms with van der Waals surface area (Å²) in [4.78, 5) is 8.31. The lowest BCUT2D eigenvalue weighted by Gasteiger charge is -2.33. The second kappa shape index (κ2) is 9.14. The SMILES string of the molecule is Cc1ncsc1CCN1CCC(C(C)N)CC1.Cl.Cl. The molecule has 19 heavy (non-hydrogen) atoms. The highest BCUT2D eigenvalue weighted by atomic mass is 35.5. The van der Waals surface area contributed by atoms with Crippen molar-refractivity contribution in [2.24, 2.45) is 11.7 Å². The van der Waals surface area contributed by atoms with Gasteiger partial charge in [0, 0.05) is 17.5 Å². The van der Waals surface area contributed by atoms with Crippen LogP contribution in [0.15, 0.2) is 5.51 Å². The van der Waals surface area contributed by atoms with Gasteiger partial charge >= 0.3 is 0 Å². The molecule has 1 saturated heterocycles. The molecule has 1 unspecified atom stereocenters. The first-order valence-corrected chi connectivity index (χ1v) is 7.41. The molecule has 0 bridgehead atoms. The predicted octanol–water partition coefficient (Wildman–Crippen LogP) is 2.90. The fraction of sp³-hybridized carbons (Fsp3) is 0.769. The number of nitrogens with zero attached hydrogens (tertiary/aromatic N) is 2. The van der Waals surface area contributed by atoms with Crippen molar-refractivity contribution in [2.75, 3.05) is 19.6 Å². The maximum Gasteiger partial charge on any atom is 0.0797 e. The van der Waals surface area contributed by atoms with Crippen molar-refractivity contribution in [3.63, 3.8) is 0 Å². The Bertz CT molecular complexity index is 349. The average Bonchev–Trinajstić information content (AvgIpc) is 2.73. The standard InChI is InChI=1S/C13H23N3S.2ClH/c1-10(14)12-3-6-16(7-4-12)8-5-13-11(2)15-9-17-13;;/h9-10,12H,3-8,14H2,1-2H3;2*1H. The van der Waals surface area contributed by atoms with Gasteiger partial charge in [0.15, 0.2) is 0 Å². The van der Waals surface area contributed by atoms with Crippen LogP contribution in [-0.4, -0.2) is 35.6 Å². The van der Waals surface area contributed by atoms with Crippen LogP contribution in [0.5, 0.6) is 0 Å². The van der Waals surface area contributed by atoms with E-state index in [9.17, 15) is 0 Å². The van der Waals surface area contributed by atoms with Gasteiger partial charge < -0.3 is 10.6 Å². The van der Waals surface area contributed by atoms with Crippen LogP contribution in [0.1, 0.15) is 30.3 Å². The number of nitrogens with two attached hydrogens (primary N) is 1. The maximum atomic E-state index is 5.96. The Balaban J connectivity index is 0.00000162. The number of rotatable bonds is 4. The van der Waals surface area contributed by atoms with E-state index in [-0.39, 0.29) is 24.8 Å². The summed E-state index contributed by atoms with van der Waals surface area (Å²) in [5.41, 5.74) is 9.12. The van der Waals surface area contributed by atoms with Gasteiger partial charge in [0.25, 0.3) is 0 Å². The van der Waals surface area contributed by atoms with Crippen LogP contribution in [-0.2, 0) is 6.42 Å². The predicted molar refractivity (Wildman–Crippen MR) is 87.9 cm³/mol. The third-order valence-electron chi connectivity index (χ3n) is 3.88. The molecular formula is C13H25Cl2N3S. The number of halogens is 2. The van der Waals surface area contributed by atoms with E-state index in [0.717, 1.165) is 12.3 Å². The van der Waals surface area contributed by atoms with Crippen molar-refractivity contribution >= 4 is 36.2 Å². The van der Waals surface area contributed by atoms with Gasteiger partial charge in [-0.1, -0.05) is 0 Å². The highest BCUT2D eigenvalue weighted by molar-refractivity contribution is 7.09. The second-order valence-electron chi connectivity index (χ2n) is 5.15. The Labute approximate surface area is 132 Å². The van der Waals surface area contributed by atoms with Crippen molar-refractivity contribution in [2.45, 2.75) is 39.2 Å². The zero-order valence-corrected chi connectivity index (χ0v) is 14.1. The number of piperidine rings is 1. The topological polar surface area (TPSA) is 42.2 Å². The normalized spacial score (nSPS) is 18.5. The van der Waals surface area contributed by atoms with Crippen LogP contribution < -0.4 is 5.73 Å². The molecule has 0 radical (unpaired) electrons. The fourth-order valence-corrected chi connectivity index (χ4v) is 3.30. The summed E-state index contributed by atoms with van der Waals surface area (Å²) >= 11 is 1.79. The fourth-order valence-electron chi connectivity index (χ4n) is 2.53. The summed E-state index contributed by atoms with van der Waals surface area (Å²) in [7, 11) is 0. The second-order valence-corrected chi connectivity index (χ2v) is 6.09. The Morgan fingerprint density at radius 3 is 2.53 bits per heavy atom. The molecule has 1 fully saturated rings. The van der Waals surface area contributed by atoms with Crippen molar-refractivity contribution in [3.8, 4) is 0 Å². The van der Waals surface area contributed by atoms with Gasteiger partial charge in [0.1, 0.15) is 0 Å². The van der Waals surface area contributed by atoms with E-state index in [0.29, 0.717) is 6.04 Å². The highest BCUT2D eigenvalue weighted by Gasteiger charge is 2.21. The largest absolute Gasteiger partial charge is 0.328 e. The molecule has 1 aromatic rings. The van der Waals surface area contributed by atoms with Crippen LogP contribution in [0.3, 0.4) is 0 Å². The van der Waals surface area contributed by atoms with E-state index in [4.69, 9.17) is 5.73 Å². The number of likely N-dealkylation sites (tertiary alicyclic amines) is 1. The molecule has 1 aromatic heterocycles. The lowest BCUT2D eigenvalue weighted by Crippen LogP contribution is -2.40. The first kappa shape index (κ1) is 19.1. The quantitative estimate of drug-likeness (QED) is 0.925. The molecule has 6 heteroatoms. The molecule has 1 atom stereocenters. The zero-order valence-electron chi connectivity index (χ0n) is 11.7. The molecule has 112 valence electrons. The van der Waals surface area contributed by atoms with E-state index in [1.54, 1.807) is 11.3 Å². The number of hydrogen-bond acceptors (Lipinski definition) is 4. The van der Waals surface area contributed by atoms with E-state index < -0.39 is 0 Å². The van der Waals surface area contributed by atoms with Crippen molar-refractivity contribution in [1.29, 1.82) is 0 Å². The smallest absolute Gasteiger partial charge is 0.0797 e. The minimum atomic E-state index is 0. The summed E-state index contributed by atoms with van der Waals surface area (Å²) in [5, 5.41) is 0. The Hall–Kier alpha value is 0.130. The number of aryl methyl sites for hydroxylation is 1. The average molecular weight is 326 g/mol. The molecule has 1 aliphatic heterocycles. The molecule has 3 nitrogen and oxygen atoms in total. The number of thiazole rings is 1. The number of hydrogen-bond donors (Lipinski definition) is 1. The first-order valence-electron chi connectivity index (χ1n) is 6.53. The van der Waals surface area contributed by atoms with E-state index in [1.807, 2.05) is 5.51 Å². The molecule has 0 saturated carbocycles.